The molecule has 0 bridgehead atoms. The zero-order chi connectivity index (χ0) is 18.4. The topological polar surface area (TPSA) is 43.8 Å². The van der Waals surface area contributed by atoms with Gasteiger partial charge in [0.2, 0.25) is 0 Å². The first-order valence-electron chi connectivity index (χ1n) is 9.10. The monoisotopic (exact) mass is 391 g/mol. The fourth-order valence-corrected chi connectivity index (χ4v) is 3.91. The van der Waals surface area contributed by atoms with Crippen molar-refractivity contribution in [1.29, 1.82) is 0 Å². The number of thiazole rings is 1. The molecule has 0 spiro atoms. The van der Waals surface area contributed by atoms with E-state index in [-0.39, 0.29) is 0 Å². The summed E-state index contributed by atoms with van der Waals surface area (Å²) in [4.78, 5) is 14.0. The summed E-state index contributed by atoms with van der Waals surface area (Å²) in [7, 11) is 0. The van der Waals surface area contributed by atoms with Crippen molar-refractivity contribution in [2.45, 2.75) is 20.3 Å². The highest BCUT2D eigenvalue weighted by Crippen LogP contribution is 2.20. The van der Waals surface area contributed by atoms with Crippen LogP contribution in [0.25, 0.3) is 0 Å². The van der Waals surface area contributed by atoms with Crippen molar-refractivity contribution >= 4 is 34.6 Å². The highest BCUT2D eigenvalue weighted by Gasteiger charge is 2.19. The van der Waals surface area contributed by atoms with Gasteiger partial charge in [0.05, 0.1) is 10.7 Å². The Hall–Kier alpha value is -1.79. The largest absolute Gasteiger partial charge is 0.368 e. The highest BCUT2D eigenvalue weighted by atomic mass is 35.5. The molecule has 1 aliphatic heterocycles. The number of aliphatic imine (C=N–C) groups is 1. The Morgan fingerprint density at radius 1 is 1.31 bits per heavy atom. The number of aryl methyl sites for hydroxylation is 1. The third-order valence-electron chi connectivity index (χ3n) is 4.38. The Labute approximate surface area is 164 Å². The van der Waals surface area contributed by atoms with Crippen LogP contribution in [0, 0.1) is 6.92 Å². The number of halogens is 1. The van der Waals surface area contributed by atoms with Gasteiger partial charge in [-0.15, -0.1) is 11.3 Å². The molecule has 2 heterocycles. The molecule has 2 aromatic rings. The van der Waals surface area contributed by atoms with Crippen LogP contribution in [0.1, 0.15) is 17.6 Å². The minimum atomic E-state index is 0.764. The van der Waals surface area contributed by atoms with E-state index in [1.165, 1.54) is 5.69 Å². The molecule has 0 radical (unpaired) electrons. The minimum Gasteiger partial charge on any atom is -0.368 e. The van der Waals surface area contributed by atoms with E-state index in [0.29, 0.717) is 0 Å². The van der Waals surface area contributed by atoms with Gasteiger partial charge in [-0.25, -0.2) is 4.98 Å². The van der Waals surface area contributed by atoms with Gasteiger partial charge in [0.25, 0.3) is 0 Å². The third-order valence-corrected chi connectivity index (χ3v) is 5.44. The predicted molar refractivity (Wildman–Crippen MR) is 112 cm³/mol. The van der Waals surface area contributed by atoms with Crippen LogP contribution in [0.2, 0.25) is 5.02 Å². The van der Waals surface area contributed by atoms with Gasteiger partial charge >= 0.3 is 0 Å². The molecule has 1 N–H and O–H groups in total. The molecule has 0 saturated carbocycles. The zero-order valence-electron chi connectivity index (χ0n) is 15.4. The van der Waals surface area contributed by atoms with Crippen molar-refractivity contribution in [2.24, 2.45) is 4.99 Å². The lowest BCUT2D eigenvalue weighted by atomic mass is 10.2. The lowest BCUT2D eigenvalue weighted by Crippen LogP contribution is -2.52. The molecule has 3 rings (SSSR count). The van der Waals surface area contributed by atoms with Crippen molar-refractivity contribution in [3.05, 3.63) is 45.4 Å². The number of anilines is 1. The third kappa shape index (κ3) is 5.11. The molecule has 1 aromatic heterocycles. The molecule has 0 aliphatic carbocycles. The molecular formula is C19H26ClN5S. The summed E-state index contributed by atoms with van der Waals surface area (Å²) in [6, 6.07) is 8.08. The summed E-state index contributed by atoms with van der Waals surface area (Å²) in [5.74, 6) is 1.00. The first-order valence-corrected chi connectivity index (χ1v) is 10.4. The fraction of sp³-hybridized carbons (Fsp3) is 0.474. The molecule has 26 heavy (non-hydrogen) atoms. The maximum absolute atomic E-state index is 6.12. The molecule has 1 aliphatic rings. The Morgan fingerprint density at radius 2 is 2.12 bits per heavy atom. The summed E-state index contributed by atoms with van der Waals surface area (Å²) < 4.78 is 0. The quantitative estimate of drug-likeness (QED) is 0.626. The van der Waals surface area contributed by atoms with E-state index in [2.05, 4.69) is 38.5 Å². The van der Waals surface area contributed by atoms with Crippen molar-refractivity contribution in [3.8, 4) is 0 Å². The lowest BCUT2D eigenvalue weighted by molar-refractivity contribution is 0.372. The van der Waals surface area contributed by atoms with Gasteiger partial charge in [-0.2, -0.15) is 0 Å². The van der Waals surface area contributed by atoms with Crippen LogP contribution in [0.3, 0.4) is 0 Å². The lowest BCUT2D eigenvalue weighted by Gasteiger charge is -2.37. The Morgan fingerprint density at radius 3 is 2.77 bits per heavy atom. The van der Waals surface area contributed by atoms with Crippen LogP contribution >= 0.6 is 22.9 Å². The number of nitrogens with zero attached hydrogens (tertiary/aromatic N) is 4. The molecule has 140 valence electrons. The number of nitrogens with one attached hydrogen (secondary N) is 1. The molecule has 1 fully saturated rings. The van der Waals surface area contributed by atoms with Crippen molar-refractivity contribution in [3.63, 3.8) is 0 Å². The summed E-state index contributed by atoms with van der Waals surface area (Å²) >= 11 is 7.82. The van der Waals surface area contributed by atoms with Crippen molar-refractivity contribution in [1.82, 2.24) is 15.2 Å². The maximum Gasteiger partial charge on any atom is 0.194 e. The Kier molecular flexibility index (Phi) is 6.74. The number of aromatic nitrogens is 1. The molecular weight excluding hydrogens is 366 g/mol. The zero-order valence-corrected chi connectivity index (χ0v) is 17.0. The van der Waals surface area contributed by atoms with E-state index >= 15 is 0 Å². The van der Waals surface area contributed by atoms with Gasteiger partial charge in [-0.1, -0.05) is 17.7 Å². The van der Waals surface area contributed by atoms with Crippen LogP contribution in [0.15, 0.2) is 34.6 Å². The molecule has 7 heteroatoms. The Bertz CT molecular complexity index is 737. The first-order chi connectivity index (χ1) is 12.7. The standard InChI is InChI=1S/C19H26ClN5S/c1-3-21-19(22-8-7-17-14-26-15(2)23-17)25-11-9-24(10-12-25)18-6-4-5-16(20)13-18/h4-6,13-14H,3,7-12H2,1-2H3,(H,21,22). The van der Waals surface area contributed by atoms with Crippen LogP contribution in [-0.2, 0) is 6.42 Å². The smallest absolute Gasteiger partial charge is 0.194 e. The first kappa shape index (κ1) is 19.0. The Balaban J connectivity index is 1.56. The van der Waals surface area contributed by atoms with Crippen molar-refractivity contribution in [2.75, 3.05) is 44.2 Å². The molecule has 1 aromatic carbocycles. The van der Waals surface area contributed by atoms with Crippen molar-refractivity contribution < 1.29 is 0 Å². The van der Waals surface area contributed by atoms with Gasteiger partial charge in [-0.05, 0) is 32.0 Å². The summed E-state index contributed by atoms with van der Waals surface area (Å²) in [6.45, 7) is 9.64. The normalized spacial score (nSPS) is 15.4. The minimum absolute atomic E-state index is 0.764. The SMILES string of the molecule is CCNC(=NCCc1csc(C)n1)N1CCN(c2cccc(Cl)c2)CC1. The molecule has 0 atom stereocenters. The van der Waals surface area contributed by atoms with Crippen LogP contribution < -0.4 is 10.2 Å². The number of benzene rings is 1. The van der Waals surface area contributed by atoms with Gasteiger partial charge in [-0.3, -0.25) is 4.99 Å². The molecule has 5 nitrogen and oxygen atoms in total. The van der Waals surface area contributed by atoms with E-state index in [4.69, 9.17) is 16.6 Å². The van der Waals surface area contributed by atoms with Crippen LogP contribution in [-0.4, -0.2) is 55.1 Å². The second-order valence-electron chi connectivity index (χ2n) is 6.30. The van der Waals surface area contributed by atoms with E-state index in [1.807, 2.05) is 25.1 Å². The van der Waals surface area contributed by atoms with E-state index < -0.39 is 0 Å². The van der Waals surface area contributed by atoms with E-state index in [0.717, 1.165) is 67.4 Å². The average molecular weight is 392 g/mol. The number of piperazine rings is 1. The second kappa shape index (κ2) is 9.24. The second-order valence-corrected chi connectivity index (χ2v) is 7.80. The van der Waals surface area contributed by atoms with E-state index in [9.17, 15) is 0 Å². The molecule has 0 amide bonds. The average Bonchev–Trinajstić information content (AvgIpc) is 3.06. The summed E-state index contributed by atoms with van der Waals surface area (Å²) in [6.07, 6.45) is 0.891. The fourth-order valence-electron chi connectivity index (χ4n) is 3.07. The summed E-state index contributed by atoms with van der Waals surface area (Å²) in [5, 5.41) is 7.46. The van der Waals surface area contributed by atoms with Gasteiger partial charge < -0.3 is 15.1 Å². The molecule has 0 unspecified atom stereocenters. The van der Waals surface area contributed by atoms with Gasteiger partial charge in [0.15, 0.2) is 5.96 Å². The predicted octanol–water partition coefficient (Wildman–Crippen LogP) is 3.44. The molecule has 1 saturated heterocycles. The number of hydrogen-bond donors (Lipinski definition) is 1. The van der Waals surface area contributed by atoms with Gasteiger partial charge in [0.1, 0.15) is 0 Å². The number of guanidine groups is 1. The number of hydrogen-bond acceptors (Lipinski definition) is 4. The highest BCUT2D eigenvalue weighted by molar-refractivity contribution is 7.09. The summed E-state index contributed by atoms with van der Waals surface area (Å²) in [5.41, 5.74) is 2.33. The maximum atomic E-state index is 6.12. The van der Waals surface area contributed by atoms with Crippen LogP contribution in [0.5, 0.6) is 0 Å². The van der Waals surface area contributed by atoms with Gasteiger partial charge in [0, 0.05) is 61.8 Å². The van der Waals surface area contributed by atoms with Crippen LogP contribution in [0.4, 0.5) is 5.69 Å². The number of rotatable bonds is 5. The van der Waals surface area contributed by atoms with E-state index in [1.54, 1.807) is 11.3 Å².